The van der Waals surface area contributed by atoms with Crippen molar-refractivity contribution in [1.29, 1.82) is 0 Å². The molecule has 5 heteroatoms. The van der Waals surface area contributed by atoms with Gasteiger partial charge in [0.2, 0.25) is 0 Å². The molecular weight excluding hydrogens is 237 g/mol. The lowest BCUT2D eigenvalue weighted by atomic mass is 10.1. The van der Waals surface area contributed by atoms with Crippen LogP contribution in [0.2, 0.25) is 10.0 Å². The molecule has 0 amide bonds. The van der Waals surface area contributed by atoms with Crippen LogP contribution in [-0.2, 0) is 4.79 Å². The van der Waals surface area contributed by atoms with Crippen LogP contribution < -0.4 is 5.73 Å². The number of nitrogens with two attached hydrogens (primary N) is 1. The first-order chi connectivity index (χ1) is 6.95. The Morgan fingerprint density at radius 3 is 2.67 bits per heavy atom. The molecule has 0 heterocycles. The lowest BCUT2D eigenvalue weighted by Crippen LogP contribution is -2.34. The molecule has 2 rings (SSSR count). The first-order valence-electron chi connectivity index (χ1n) is 4.42. The third kappa shape index (κ3) is 1.71. The van der Waals surface area contributed by atoms with Crippen LogP contribution in [0.3, 0.4) is 0 Å². The second-order valence-corrected chi connectivity index (χ2v) is 4.61. The standard InChI is InChI=1S/C10H9Cl2NO2/c11-5-1-2-6(8(12)3-5)7-4-10(7,13)9(14)15/h1-3,7H,4,13H2,(H,14,15)/t7-,10+/m0/s1. The van der Waals surface area contributed by atoms with Crippen LogP contribution in [0.25, 0.3) is 0 Å². The molecule has 2 atom stereocenters. The zero-order valence-corrected chi connectivity index (χ0v) is 9.22. The molecule has 0 aliphatic heterocycles. The Balaban J connectivity index is 2.31. The van der Waals surface area contributed by atoms with Crippen molar-refractivity contribution in [3.63, 3.8) is 0 Å². The zero-order chi connectivity index (χ0) is 11.2. The van der Waals surface area contributed by atoms with Gasteiger partial charge in [-0.2, -0.15) is 0 Å². The van der Waals surface area contributed by atoms with Crippen LogP contribution in [0.4, 0.5) is 0 Å². The van der Waals surface area contributed by atoms with Crippen molar-refractivity contribution >= 4 is 29.2 Å². The largest absolute Gasteiger partial charge is 0.480 e. The highest BCUT2D eigenvalue weighted by molar-refractivity contribution is 6.35. The van der Waals surface area contributed by atoms with E-state index >= 15 is 0 Å². The molecule has 15 heavy (non-hydrogen) atoms. The van der Waals surface area contributed by atoms with E-state index in [9.17, 15) is 4.79 Å². The quantitative estimate of drug-likeness (QED) is 0.841. The van der Waals surface area contributed by atoms with Gasteiger partial charge in [0.25, 0.3) is 0 Å². The Morgan fingerprint density at radius 2 is 2.20 bits per heavy atom. The second-order valence-electron chi connectivity index (χ2n) is 3.77. The molecule has 1 saturated carbocycles. The number of benzene rings is 1. The molecule has 0 unspecified atom stereocenters. The molecule has 3 N–H and O–H groups in total. The van der Waals surface area contributed by atoms with Gasteiger partial charge in [0.1, 0.15) is 5.54 Å². The minimum atomic E-state index is -1.16. The first-order valence-corrected chi connectivity index (χ1v) is 5.18. The second kappa shape index (κ2) is 3.37. The molecule has 0 aromatic heterocycles. The van der Waals surface area contributed by atoms with E-state index in [1.807, 2.05) is 0 Å². The van der Waals surface area contributed by atoms with Gasteiger partial charge in [0.05, 0.1) is 0 Å². The van der Waals surface area contributed by atoms with E-state index in [2.05, 4.69) is 0 Å². The van der Waals surface area contributed by atoms with E-state index in [1.165, 1.54) is 0 Å². The highest BCUT2D eigenvalue weighted by Gasteiger charge is 2.58. The van der Waals surface area contributed by atoms with E-state index in [0.29, 0.717) is 16.5 Å². The number of carboxylic acids is 1. The maximum Gasteiger partial charge on any atom is 0.324 e. The van der Waals surface area contributed by atoms with Crippen LogP contribution in [0.1, 0.15) is 17.9 Å². The van der Waals surface area contributed by atoms with Gasteiger partial charge in [-0.1, -0.05) is 29.3 Å². The van der Waals surface area contributed by atoms with Gasteiger partial charge in [-0.05, 0) is 24.1 Å². The molecule has 3 nitrogen and oxygen atoms in total. The molecule has 1 fully saturated rings. The number of aliphatic carboxylic acids is 1. The summed E-state index contributed by atoms with van der Waals surface area (Å²) >= 11 is 11.7. The van der Waals surface area contributed by atoms with Gasteiger partial charge in [0, 0.05) is 16.0 Å². The predicted molar refractivity (Wildman–Crippen MR) is 58.4 cm³/mol. The summed E-state index contributed by atoms with van der Waals surface area (Å²) in [5.74, 6) is -1.20. The van der Waals surface area contributed by atoms with Gasteiger partial charge in [-0.15, -0.1) is 0 Å². The third-order valence-corrected chi connectivity index (χ3v) is 3.30. The Morgan fingerprint density at radius 1 is 1.53 bits per heavy atom. The van der Waals surface area contributed by atoms with E-state index < -0.39 is 11.5 Å². The summed E-state index contributed by atoms with van der Waals surface area (Å²) < 4.78 is 0. The lowest BCUT2D eigenvalue weighted by molar-refractivity contribution is -0.139. The summed E-state index contributed by atoms with van der Waals surface area (Å²) in [5, 5.41) is 9.90. The Kier molecular flexibility index (Phi) is 2.41. The summed E-state index contributed by atoms with van der Waals surface area (Å²) in [6.45, 7) is 0. The smallest absolute Gasteiger partial charge is 0.324 e. The average molecular weight is 246 g/mol. The minimum Gasteiger partial charge on any atom is -0.480 e. The number of hydrogen-bond donors (Lipinski definition) is 2. The van der Waals surface area contributed by atoms with Gasteiger partial charge in [-0.25, -0.2) is 0 Å². The summed E-state index contributed by atoms with van der Waals surface area (Å²) in [4.78, 5) is 10.9. The first kappa shape index (κ1) is 10.7. The molecule has 1 aromatic carbocycles. The fourth-order valence-corrected chi connectivity index (χ4v) is 2.23. The van der Waals surface area contributed by atoms with Gasteiger partial charge in [-0.3, -0.25) is 4.79 Å². The Hall–Kier alpha value is -0.770. The maximum atomic E-state index is 10.9. The summed E-state index contributed by atoms with van der Waals surface area (Å²) in [7, 11) is 0. The van der Waals surface area contributed by atoms with Crippen LogP contribution in [0.15, 0.2) is 18.2 Å². The van der Waals surface area contributed by atoms with E-state index in [0.717, 1.165) is 5.56 Å². The molecule has 0 saturated heterocycles. The van der Waals surface area contributed by atoms with E-state index in [-0.39, 0.29) is 5.92 Å². The molecule has 1 aromatic rings. The van der Waals surface area contributed by atoms with Gasteiger partial charge < -0.3 is 10.8 Å². The molecule has 0 radical (unpaired) electrons. The van der Waals surface area contributed by atoms with E-state index in [1.54, 1.807) is 18.2 Å². The lowest BCUT2D eigenvalue weighted by Gasteiger charge is -2.07. The van der Waals surface area contributed by atoms with Crippen LogP contribution >= 0.6 is 23.2 Å². The number of hydrogen-bond acceptors (Lipinski definition) is 2. The van der Waals surface area contributed by atoms with Crippen molar-refractivity contribution in [3.8, 4) is 0 Å². The SMILES string of the molecule is N[C@]1(C(=O)O)C[C@H]1c1ccc(Cl)cc1Cl. The van der Waals surface area contributed by atoms with Crippen LogP contribution in [0.5, 0.6) is 0 Å². The summed E-state index contributed by atoms with van der Waals surface area (Å²) in [6.07, 6.45) is 0.420. The Bertz CT molecular complexity index is 435. The highest BCUT2D eigenvalue weighted by atomic mass is 35.5. The van der Waals surface area contributed by atoms with Crippen molar-refractivity contribution < 1.29 is 9.90 Å². The highest BCUT2D eigenvalue weighted by Crippen LogP contribution is 2.51. The molecule has 0 bridgehead atoms. The molecule has 80 valence electrons. The summed E-state index contributed by atoms with van der Waals surface area (Å²) in [6, 6.07) is 5.01. The van der Waals surface area contributed by atoms with Gasteiger partial charge in [0.15, 0.2) is 0 Å². The molecular formula is C10H9Cl2NO2. The van der Waals surface area contributed by atoms with Crippen LogP contribution in [0, 0.1) is 0 Å². The van der Waals surface area contributed by atoms with E-state index in [4.69, 9.17) is 34.0 Å². The van der Waals surface area contributed by atoms with Crippen molar-refractivity contribution in [2.75, 3.05) is 0 Å². The topological polar surface area (TPSA) is 63.3 Å². The molecule has 1 aliphatic carbocycles. The Labute approximate surface area is 96.8 Å². The maximum absolute atomic E-state index is 10.9. The normalized spacial score (nSPS) is 28.9. The minimum absolute atomic E-state index is 0.209. The number of rotatable bonds is 2. The van der Waals surface area contributed by atoms with Crippen molar-refractivity contribution in [1.82, 2.24) is 0 Å². The third-order valence-electron chi connectivity index (χ3n) is 2.74. The molecule has 1 aliphatic rings. The molecule has 0 spiro atoms. The van der Waals surface area contributed by atoms with Crippen molar-refractivity contribution in [3.05, 3.63) is 33.8 Å². The van der Waals surface area contributed by atoms with Gasteiger partial charge >= 0.3 is 5.97 Å². The zero-order valence-electron chi connectivity index (χ0n) is 7.71. The van der Waals surface area contributed by atoms with Crippen LogP contribution in [-0.4, -0.2) is 16.6 Å². The van der Waals surface area contributed by atoms with Crippen molar-refractivity contribution in [2.45, 2.75) is 17.9 Å². The monoisotopic (exact) mass is 245 g/mol. The number of carboxylic acid groups (broad SMARTS) is 1. The van der Waals surface area contributed by atoms with Crippen molar-refractivity contribution in [2.24, 2.45) is 5.73 Å². The summed E-state index contributed by atoms with van der Waals surface area (Å²) in [5.41, 5.74) is 5.28. The number of carbonyl (C=O) groups is 1. The predicted octanol–water partition coefficient (Wildman–Crippen LogP) is 2.26. The fourth-order valence-electron chi connectivity index (χ4n) is 1.69. The average Bonchev–Trinajstić information content (AvgIpc) is 2.79. The fraction of sp³-hybridized carbons (Fsp3) is 0.300. The number of halogens is 2.